The molecule has 4 rings (SSSR count). The van der Waals surface area contributed by atoms with Crippen LogP contribution in [-0.4, -0.2) is 16.1 Å². The van der Waals surface area contributed by atoms with Gasteiger partial charge in [0.1, 0.15) is 0 Å². The monoisotopic (exact) mass is 287 g/mol. The number of nitrogens with one attached hydrogen (secondary N) is 1. The van der Waals surface area contributed by atoms with E-state index < -0.39 is 0 Å². The molecule has 1 heterocycles. The molecule has 0 amide bonds. The van der Waals surface area contributed by atoms with Crippen molar-refractivity contribution in [3.8, 4) is 0 Å². The Labute approximate surface area is 128 Å². The summed E-state index contributed by atoms with van der Waals surface area (Å²) in [6.45, 7) is 3.28. The normalized spacial score (nSPS) is 23.7. The van der Waals surface area contributed by atoms with Gasteiger partial charge in [-0.25, -0.2) is 4.98 Å². The summed E-state index contributed by atoms with van der Waals surface area (Å²) in [5.41, 5.74) is 1.16. The van der Waals surface area contributed by atoms with Gasteiger partial charge in [-0.1, -0.05) is 19.3 Å². The fraction of sp³-hybridized carbons (Fsp3) is 0.833. The highest BCUT2D eigenvalue weighted by Crippen LogP contribution is 2.49. The van der Waals surface area contributed by atoms with Crippen molar-refractivity contribution in [3.05, 3.63) is 11.9 Å². The number of aromatic nitrogens is 2. The largest absolute Gasteiger partial charge is 0.355 e. The van der Waals surface area contributed by atoms with Crippen LogP contribution in [0.25, 0.3) is 0 Å². The lowest BCUT2D eigenvalue weighted by Crippen LogP contribution is -2.22. The molecule has 21 heavy (non-hydrogen) atoms. The minimum atomic E-state index is 0.683. The smallest absolute Gasteiger partial charge is 0.203 e. The maximum Gasteiger partial charge on any atom is 0.203 e. The molecule has 1 N–H and O–H groups in total. The van der Waals surface area contributed by atoms with Gasteiger partial charge in [-0.05, 0) is 63.2 Å². The lowest BCUT2D eigenvalue weighted by Gasteiger charge is -2.25. The third-order valence-corrected chi connectivity index (χ3v) is 5.77. The summed E-state index contributed by atoms with van der Waals surface area (Å²) in [7, 11) is 0. The fourth-order valence-electron chi connectivity index (χ4n) is 4.26. The molecule has 0 spiro atoms. The number of hydrogen-bond donors (Lipinski definition) is 1. The molecule has 116 valence electrons. The summed E-state index contributed by atoms with van der Waals surface area (Å²) < 4.78 is 2.45. The zero-order chi connectivity index (χ0) is 14.2. The molecular weight excluding hydrogens is 258 g/mol. The minimum absolute atomic E-state index is 0.683. The molecule has 1 aromatic heterocycles. The molecule has 0 atom stereocenters. The average molecular weight is 287 g/mol. The topological polar surface area (TPSA) is 29.9 Å². The first kappa shape index (κ1) is 13.7. The maximum absolute atomic E-state index is 4.77. The predicted molar refractivity (Wildman–Crippen MR) is 86.5 cm³/mol. The van der Waals surface area contributed by atoms with Crippen molar-refractivity contribution < 1.29 is 0 Å². The van der Waals surface area contributed by atoms with E-state index >= 15 is 0 Å². The zero-order valence-electron chi connectivity index (χ0n) is 13.4. The van der Waals surface area contributed by atoms with E-state index in [-0.39, 0.29) is 0 Å². The number of rotatable bonds is 6. The molecule has 1 aromatic rings. The van der Waals surface area contributed by atoms with Crippen molar-refractivity contribution in [3.63, 3.8) is 0 Å². The van der Waals surface area contributed by atoms with Crippen LogP contribution in [-0.2, 0) is 0 Å². The second kappa shape index (κ2) is 5.66. The van der Waals surface area contributed by atoms with Crippen molar-refractivity contribution in [2.75, 3.05) is 11.9 Å². The van der Waals surface area contributed by atoms with Gasteiger partial charge in [-0.2, -0.15) is 0 Å². The molecule has 0 bridgehead atoms. The van der Waals surface area contributed by atoms with E-state index in [4.69, 9.17) is 4.98 Å². The van der Waals surface area contributed by atoms with E-state index in [1.807, 2.05) is 0 Å². The SMILES string of the molecule is Cc1cn(C2CCCCC2)c(NCC(C2CC2)C2CC2)n1. The Balaban J connectivity index is 1.43. The van der Waals surface area contributed by atoms with Crippen molar-refractivity contribution in [1.29, 1.82) is 0 Å². The molecular formula is C18H29N3. The lowest BCUT2D eigenvalue weighted by molar-refractivity contribution is 0.354. The maximum atomic E-state index is 4.77. The van der Waals surface area contributed by atoms with Crippen molar-refractivity contribution in [2.45, 2.75) is 70.8 Å². The van der Waals surface area contributed by atoms with Crippen LogP contribution in [0.1, 0.15) is 69.5 Å². The summed E-state index contributed by atoms with van der Waals surface area (Å²) in [6.07, 6.45) is 15.0. The van der Waals surface area contributed by atoms with E-state index in [1.54, 1.807) is 0 Å². The van der Waals surface area contributed by atoms with Crippen LogP contribution < -0.4 is 5.32 Å². The van der Waals surface area contributed by atoms with E-state index in [0.717, 1.165) is 35.9 Å². The van der Waals surface area contributed by atoms with Gasteiger partial charge in [0.05, 0.1) is 5.69 Å². The van der Waals surface area contributed by atoms with E-state index in [1.165, 1.54) is 57.8 Å². The van der Waals surface area contributed by atoms with Crippen LogP contribution in [0.4, 0.5) is 5.95 Å². The number of hydrogen-bond acceptors (Lipinski definition) is 2. The third kappa shape index (κ3) is 3.12. The Morgan fingerprint density at radius 3 is 2.38 bits per heavy atom. The highest BCUT2D eigenvalue weighted by molar-refractivity contribution is 5.30. The second-order valence-electron chi connectivity index (χ2n) is 7.62. The standard InChI is InChI=1S/C18H29N3/c1-13-12-21(16-5-3-2-4-6-16)18(20-13)19-11-17(14-7-8-14)15-9-10-15/h12,14-17H,2-11H2,1H3,(H,19,20). The van der Waals surface area contributed by atoms with Gasteiger partial charge >= 0.3 is 0 Å². The van der Waals surface area contributed by atoms with Crippen molar-refractivity contribution in [1.82, 2.24) is 9.55 Å². The average Bonchev–Trinajstić information content (AvgIpc) is 3.40. The summed E-state index contributed by atoms with van der Waals surface area (Å²) in [5, 5.41) is 3.73. The van der Waals surface area contributed by atoms with Crippen LogP contribution in [0.15, 0.2) is 6.20 Å². The molecule has 3 aliphatic rings. The summed E-state index contributed by atoms with van der Waals surface area (Å²) >= 11 is 0. The van der Waals surface area contributed by atoms with Crippen LogP contribution in [0, 0.1) is 24.7 Å². The lowest BCUT2D eigenvalue weighted by atomic mass is 9.95. The Kier molecular flexibility index (Phi) is 3.68. The van der Waals surface area contributed by atoms with Gasteiger partial charge < -0.3 is 9.88 Å². The van der Waals surface area contributed by atoms with Gasteiger partial charge in [0.25, 0.3) is 0 Å². The Bertz CT molecular complexity index is 467. The molecule has 3 aliphatic carbocycles. The Morgan fingerprint density at radius 2 is 1.76 bits per heavy atom. The summed E-state index contributed by atoms with van der Waals surface area (Å²) in [6, 6.07) is 0.683. The van der Waals surface area contributed by atoms with Crippen LogP contribution >= 0.6 is 0 Å². The predicted octanol–water partition coefficient (Wildman–Crippen LogP) is 4.54. The van der Waals surface area contributed by atoms with Gasteiger partial charge in [0, 0.05) is 18.8 Å². The van der Waals surface area contributed by atoms with Crippen molar-refractivity contribution in [2.24, 2.45) is 17.8 Å². The molecule has 3 saturated carbocycles. The van der Waals surface area contributed by atoms with Crippen LogP contribution in [0.5, 0.6) is 0 Å². The molecule has 0 aromatic carbocycles. The van der Waals surface area contributed by atoms with E-state index in [2.05, 4.69) is 23.0 Å². The Hall–Kier alpha value is -0.990. The molecule has 3 fully saturated rings. The highest BCUT2D eigenvalue weighted by atomic mass is 15.2. The highest BCUT2D eigenvalue weighted by Gasteiger charge is 2.41. The van der Waals surface area contributed by atoms with E-state index in [0.29, 0.717) is 6.04 Å². The second-order valence-corrected chi connectivity index (χ2v) is 7.62. The minimum Gasteiger partial charge on any atom is -0.355 e. The Morgan fingerprint density at radius 1 is 1.10 bits per heavy atom. The number of nitrogens with zero attached hydrogens (tertiary/aromatic N) is 2. The molecule has 3 heteroatoms. The first-order valence-electron chi connectivity index (χ1n) is 9.10. The summed E-state index contributed by atoms with van der Waals surface area (Å²) in [4.78, 5) is 4.77. The molecule has 3 nitrogen and oxygen atoms in total. The third-order valence-electron chi connectivity index (χ3n) is 5.77. The van der Waals surface area contributed by atoms with Gasteiger partial charge in [0.15, 0.2) is 0 Å². The molecule has 0 aliphatic heterocycles. The zero-order valence-corrected chi connectivity index (χ0v) is 13.4. The number of imidazole rings is 1. The number of anilines is 1. The number of aryl methyl sites for hydroxylation is 1. The first-order valence-corrected chi connectivity index (χ1v) is 9.10. The molecule has 0 saturated heterocycles. The van der Waals surface area contributed by atoms with E-state index in [9.17, 15) is 0 Å². The van der Waals surface area contributed by atoms with Gasteiger partial charge in [-0.15, -0.1) is 0 Å². The quantitative estimate of drug-likeness (QED) is 0.832. The van der Waals surface area contributed by atoms with Crippen LogP contribution in [0.2, 0.25) is 0 Å². The van der Waals surface area contributed by atoms with Gasteiger partial charge in [-0.3, -0.25) is 0 Å². The molecule has 0 radical (unpaired) electrons. The summed E-state index contributed by atoms with van der Waals surface area (Å²) in [5.74, 6) is 4.10. The fourth-order valence-corrected chi connectivity index (χ4v) is 4.26. The molecule has 0 unspecified atom stereocenters. The van der Waals surface area contributed by atoms with Crippen LogP contribution in [0.3, 0.4) is 0 Å². The van der Waals surface area contributed by atoms with Gasteiger partial charge in [0.2, 0.25) is 5.95 Å². The first-order chi connectivity index (χ1) is 10.3. The van der Waals surface area contributed by atoms with Crippen molar-refractivity contribution >= 4 is 5.95 Å².